The lowest BCUT2D eigenvalue weighted by Crippen LogP contribution is -2.22. The lowest BCUT2D eigenvalue weighted by molar-refractivity contribution is -0.114. The molecule has 16 heavy (non-hydrogen) atoms. The fourth-order valence-electron chi connectivity index (χ4n) is 1.21. The molecule has 0 atom stereocenters. The lowest BCUT2D eigenvalue weighted by atomic mass is 10.2. The van der Waals surface area contributed by atoms with Crippen molar-refractivity contribution in [2.75, 3.05) is 11.9 Å². The Hall–Kier alpha value is -1.55. The smallest absolute Gasteiger partial charge is 0.251 e. The molecule has 1 aromatic carbocycles. The zero-order valence-electron chi connectivity index (χ0n) is 9.13. The predicted molar refractivity (Wildman–Crippen MR) is 63.8 cm³/mol. The third-order valence-electron chi connectivity index (χ3n) is 1.88. The quantitative estimate of drug-likeness (QED) is 0.850. The molecule has 0 saturated heterocycles. The minimum absolute atomic E-state index is 0.182. The summed E-state index contributed by atoms with van der Waals surface area (Å²) < 4.78 is 0. The number of nitrogens with one attached hydrogen (secondary N) is 2. The van der Waals surface area contributed by atoms with Crippen LogP contribution in [0.1, 0.15) is 24.2 Å². The fourth-order valence-corrected chi connectivity index (χ4v) is 1.44. The molecule has 0 aliphatic heterocycles. The van der Waals surface area contributed by atoms with Gasteiger partial charge in [-0.15, -0.1) is 0 Å². The molecule has 0 bridgehead atoms. The van der Waals surface area contributed by atoms with Crippen LogP contribution in [0.15, 0.2) is 18.2 Å². The number of carbonyl (C=O) groups is 2. The summed E-state index contributed by atoms with van der Waals surface area (Å²) in [5, 5.41) is 5.58. The fraction of sp³-hybridized carbons (Fsp3) is 0.273. The molecule has 2 N–H and O–H groups in total. The van der Waals surface area contributed by atoms with Crippen molar-refractivity contribution in [2.24, 2.45) is 0 Å². The van der Waals surface area contributed by atoms with Gasteiger partial charge >= 0.3 is 0 Å². The van der Waals surface area contributed by atoms with Crippen molar-refractivity contribution < 1.29 is 9.59 Å². The van der Waals surface area contributed by atoms with Crippen LogP contribution in [0.3, 0.4) is 0 Å². The second kappa shape index (κ2) is 5.51. The van der Waals surface area contributed by atoms with Gasteiger partial charge in [0.1, 0.15) is 0 Å². The molecule has 86 valence electrons. The van der Waals surface area contributed by atoms with E-state index in [0.29, 0.717) is 22.8 Å². The summed E-state index contributed by atoms with van der Waals surface area (Å²) in [5.74, 6) is -0.383. The van der Waals surface area contributed by atoms with Crippen LogP contribution in [-0.2, 0) is 4.79 Å². The van der Waals surface area contributed by atoms with Crippen LogP contribution in [0.5, 0.6) is 0 Å². The van der Waals surface area contributed by atoms with Gasteiger partial charge in [-0.1, -0.05) is 11.6 Å². The van der Waals surface area contributed by atoms with Crippen LogP contribution in [0.2, 0.25) is 5.02 Å². The van der Waals surface area contributed by atoms with E-state index < -0.39 is 0 Å². The first kappa shape index (κ1) is 12.5. The number of benzene rings is 1. The van der Waals surface area contributed by atoms with Crippen LogP contribution >= 0.6 is 11.6 Å². The van der Waals surface area contributed by atoms with Crippen LogP contribution < -0.4 is 10.6 Å². The lowest BCUT2D eigenvalue weighted by Gasteiger charge is -2.07. The highest BCUT2D eigenvalue weighted by Crippen LogP contribution is 2.22. The van der Waals surface area contributed by atoms with E-state index in [1.54, 1.807) is 12.1 Å². The summed E-state index contributed by atoms with van der Waals surface area (Å²) in [4.78, 5) is 22.3. The van der Waals surface area contributed by atoms with E-state index in [2.05, 4.69) is 10.6 Å². The maximum Gasteiger partial charge on any atom is 0.251 e. The molecule has 0 unspecified atom stereocenters. The van der Waals surface area contributed by atoms with Crippen molar-refractivity contribution in [1.29, 1.82) is 0 Å². The Kier molecular flexibility index (Phi) is 4.31. The van der Waals surface area contributed by atoms with Gasteiger partial charge in [-0.05, 0) is 25.1 Å². The Morgan fingerprint density at radius 3 is 2.56 bits per heavy atom. The van der Waals surface area contributed by atoms with Crippen LogP contribution in [0.4, 0.5) is 5.69 Å². The number of halogens is 1. The van der Waals surface area contributed by atoms with Gasteiger partial charge in [0.25, 0.3) is 5.91 Å². The molecule has 4 nitrogen and oxygen atoms in total. The standard InChI is InChI=1S/C11H13ClN2O2/c1-3-13-11(16)8-4-5-10(9(12)6-8)14-7(2)15/h4-6H,3H2,1-2H3,(H,13,16)(H,14,15). The largest absolute Gasteiger partial charge is 0.352 e. The molecule has 0 saturated carbocycles. The number of hydrogen-bond acceptors (Lipinski definition) is 2. The van der Waals surface area contributed by atoms with Gasteiger partial charge in [-0.3, -0.25) is 9.59 Å². The minimum Gasteiger partial charge on any atom is -0.352 e. The molecule has 5 heteroatoms. The first-order chi connectivity index (χ1) is 7.54. The third-order valence-corrected chi connectivity index (χ3v) is 2.19. The summed E-state index contributed by atoms with van der Waals surface area (Å²) >= 11 is 5.92. The Morgan fingerprint density at radius 1 is 1.38 bits per heavy atom. The van der Waals surface area contributed by atoms with E-state index in [1.807, 2.05) is 6.92 Å². The van der Waals surface area contributed by atoms with E-state index in [1.165, 1.54) is 13.0 Å². The van der Waals surface area contributed by atoms with Crippen molar-refractivity contribution in [3.63, 3.8) is 0 Å². The highest BCUT2D eigenvalue weighted by Gasteiger charge is 2.08. The van der Waals surface area contributed by atoms with E-state index >= 15 is 0 Å². The van der Waals surface area contributed by atoms with E-state index in [0.717, 1.165) is 0 Å². The normalized spacial score (nSPS) is 9.69. The molecule has 0 radical (unpaired) electrons. The Labute approximate surface area is 99.0 Å². The summed E-state index contributed by atoms with van der Waals surface area (Å²) in [6, 6.07) is 4.74. The first-order valence-electron chi connectivity index (χ1n) is 4.90. The van der Waals surface area contributed by atoms with Gasteiger partial charge in [0.05, 0.1) is 10.7 Å². The summed E-state index contributed by atoms with van der Waals surface area (Å²) in [7, 11) is 0. The Balaban J connectivity index is 2.90. The monoisotopic (exact) mass is 240 g/mol. The van der Waals surface area contributed by atoms with Gasteiger partial charge in [-0.2, -0.15) is 0 Å². The van der Waals surface area contributed by atoms with E-state index in [-0.39, 0.29) is 11.8 Å². The Bertz CT molecular complexity index is 418. The molecule has 1 rings (SSSR count). The third kappa shape index (κ3) is 3.24. The summed E-state index contributed by atoms with van der Waals surface area (Å²) in [6.45, 7) is 3.79. The number of anilines is 1. The van der Waals surface area contributed by atoms with Crippen molar-refractivity contribution in [1.82, 2.24) is 5.32 Å². The molecule has 1 aromatic rings. The maximum atomic E-state index is 11.5. The zero-order valence-corrected chi connectivity index (χ0v) is 9.89. The number of amides is 2. The molecule has 0 spiro atoms. The van der Waals surface area contributed by atoms with Gasteiger partial charge in [-0.25, -0.2) is 0 Å². The van der Waals surface area contributed by atoms with Crippen LogP contribution in [0.25, 0.3) is 0 Å². The van der Waals surface area contributed by atoms with Crippen molar-refractivity contribution in [3.8, 4) is 0 Å². The topological polar surface area (TPSA) is 58.2 Å². The van der Waals surface area contributed by atoms with E-state index in [9.17, 15) is 9.59 Å². The van der Waals surface area contributed by atoms with Gasteiger partial charge < -0.3 is 10.6 Å². The van der Waals surface area contributed by atoms with E-state index in [4.69, 9.17) is 11.6 Å². The van der Waals surface area contributed by atoms with Crippen molar-refractivity contribution in [2.45, 2.75) is 13.8 Å². The molecule has 0 heterocycles. The minimum atomic E-state index is -0.201. The average molecular weight is 241 g/mol. The summed E-state index contributed by atoms with van der Waals surface area (Å²) in [5.41, 5.74) is 0.975. The summed E-state index contributed by atoms with van der Waals surface area (Å²) in [6.07, 6.45) is 0. The number of carbonyl (C=O) groups excluding carboxylic acids is 2. The molecular weight excluding hydrogens is 228 g/mol. The molecule has 0 aromatic heterocycles. The molecular formula is C11H13ClN2O2. The zero-order chi connectivity index (χ0) is 12.1. The predicted octanol–water partition coefficient (Wildman–Crippen LogP) is 2.05. The maximum absolute atomic E-state index is 11.5. The van der Waals surface area contributed by atoms with Gasteiger partial charge in [0.15, 0.2) is 0 Å². The van der Waals surface area contributed by atoms with Gasteiger partial charge in [0, 0.05) is 19.0 Å². The second-order valence-corrected chi connectivity index (χ2v) is 3.64. The first-order valence-corrected chi connectivity index (χ1v) is 5.27. The Morgan fingerprint density at radius 2 is 2.06 bits per heavy atom. The molecule has 2 amide bonds. The van der Waals surface area contributed by atoms with Crippen molar-refractivity contribution >= 4 is 29.1 Å². The van der Waals surface area contributed by atoms with Crippen LogP contribution in [0, 0.1) is 0 Å². The SMILES string of the molecule is CCNC(=O)c1ccc(NC(C)=O)c(Cl)c1. The van der Waals surface area contributed by atoms with Crippen molar-refractivity contribution in [3.05, 3.63) is 28.8 Å². The molecule has 0 aliphatic carbocycles. The molecule has 0 fully saturated rings. The van der Waals surface area contributed by atoms with Gasteiger partial charge in [0.2, 0.25) is 5.91 Å². The molecule has 0 aliphatic rings. The number of rotatable bonds is 3. The highest BCUT2D eigenvalue weighted by molar-refractivity contribution is 6.34. The highest BCUT2D eigenvalue weighted by atomic mass is 35.5. The average Bonchev–Trinajstić information content (AvgIpc) is 2.20. The second-order valence-electron chi connectivity index (χ2n) is 3.24. The van der Waals surface area contributed by atoms with Crippen LogP contribution in [-0.4, -0.2) is 18.4 Å². The number of hydrogen-bond donors (Lipinski definition) is 2.